The van der Waals surface area contributed by atoms with Crippen LogP contribution >= 0.6 is 0 Å². The standard InChI is InChI=1S/C31H33N3O3/c1-18-8-10-23-22(16-18)26-28-27(20-6-4-5-7-21(20)29(26)37-31(23,2)3)33-25-17-19(9-11-24(25)32-28)30(35)34-12-14-36-15-13-34/h4-7,9,11,17-18,22-23H,8,10,12-16H2,1-3H3/t18-,22?,23-/m0/s1. The van der Waals surface area contributed by atoms with Crippen LogP contribution in [0.1, 0.15) is 61.9 Å². The zero-order valence-corrected chi connectivity index (χ0v) is 21.8. The number of hydrogen-bond donors (Lipinski definition) is 0. The lowest BCUT2D eigenvalue weighted by molar-refractivity contribution is -0.0115. The zero-order chi connectivity index (χ0) is 25.3. The van der Waals surface area contributed by atoms with E-state index in [-0.39, 0.29) is 11.5 Å². The molecule has 0 radical (unpaired) electrons. The predicted octanol–water partition coefficient (Wildman–Crippen LogP) is 6.10. The van der Waals surface area contributed by atoms with Crippen LogP contribution in [0, 0.1) is 11.8 Å². The van der Waals surface area contributed by atoms with Crippen LogP contribution in [0.2, 0.25) is 0 Å². The molecular formula is C31H33N3O3. The number of benzene rings is 3. The molecule has 3 aromatic carbocycles. The molecule has 6 nitrogen and oxygen atoms in total. The van der Waals surface area contributed by atoms with E-state index in [2.05, 4.69) is 45.0 Å². The average Bonchev–Trinajstić information content (AvgIpc) is 2.91. The summed E-state index contributed by atoms with van der Waals surface area (Å²) in [7, 11) is 0. The first-order valence-electron chi connectivity index (χ1n) is 13.6. The van der Waals surface area contributed by atoms with Crippen molar-refractivity contribution < 1.29 is 14.3 Å². The fourth-order valence-corrected chi connectivity index (χ4v) is 6.98. The van der Waals surface area contributed by atoms with Crippen molar-refractivity contribution in [1.82, 2.24) is 14.9 Å². The monoisotopic (exact) mass is 495 g/mol. The minimum absolute atomic E-state index is 0.0251. The highest BCUT2D eigenvalue weighted by molar-refractivity contribution is 6.11. The second-order valence-corrected chi connectivity index (χ2v) is 11.7. The fourth-order valence-electron chi connectivity index (χ4n) is 6.98. The van der Waals surface area contributed by atoms with Crippen molar-refractivity contribution in [2.75, 3.05) is 26.3 Å². The van der Waals surface area contributed by atoms with Gasteiger partial charge in [0.25, 0.3) is 5.91 Å². The maximum Gasteiger partial charge on any atom is 0.254 e. The molecule has 7 rings (SSSR count). The maximum atomic E-state index is 13.2. The highest BCUT2D eigenvalue weighted by Crippen LogP contribution is 2.56. The molecule has 4 aromatic rings. The Morgan fingerprint density at radius 2 is 1.73 bits per heavy atom. The number of hydrogen-bond acceptors (Lipinski definition) is 5. The maximum absolute atomic E-state index is 13.2. The number of rotatable bonds is 1. The fraction of sp³-hybridized carbons (Fsp3) is 0.452. The van der Waals surface area contributed by atoms with Gasteiger partial charge in [-0.25, -0.2) is 9.97 Å². The van der Waals surface area contributed by atoms with Crippen LogP contribution in [-0.4, -0.2) is 52.7 Å². The molecule has 2 fully saturated rings. The van der Waals surface area contributed by atoms with Crippen LogP contribution in [0.3, 0.4) is 0 Å². The number of nitrogens with zero attached hydrogens (tertiary/aromatic N) is 3. The largest absolute Gasteiger partial charge is 0.487 e. The second-order valence-electron chi connectivity index (χ2n) is 11.7. The zero-order valence-electron chi connectivity index (χ0n) is 21.8. The number of aromatic nitrogens is 2. The quantitative estimate of drug-likeness (QED) is 0.236. The molecule has 1 saturated heterocycles. The first-order chi connectivity index (χ1) is 17.9. The van der Waals surface area contributed by atoms with E-state index in [4.69, 9.17) is 19.4 Å². The number of fused-ring (bicyclic) bond motifs is 9. The van der Waals surface area contributed by atoms with Gasteiger partial charge in [0.1, 0.15) is 11.4 Å². The highest BCUT2D eigenvalue weighted by Gasteiger charge is 2.47. The smallest absolute Gasteiger partial charge is 0.254 e. The van der Waals surface area contributed by atoms with Gasteiger partial charge < -0.3 is 14.4 Å². The molecule has 0 spiro atoms. The Kier molecular flexibility index (Phi) is 5.19. The van der Waals surface area contributed by atoms with E-state index in [0.717, 1.165) is 45.0 Å². The van der Waals surface area contributed by atoms with Gasteiger partial charge in [0.2, 0.25) is 0 Å². The van der Waals surface area contributed by atoms with Crippen molar-refractivity contribution in [3.05, 3.63) is 53.6 Å². The molecule has 1 unspecified atom stereocenters. The van der Waals surface area contributed by atoms with Gasteiger partial charge in [-0.3, -0.25) is 4.79 Å². The molecule has 0 bridgehead atoms. The predicted molar refractivity (Wildman–Crippen MR) is 145 cm³/mol. The van der Waals surface area contributed by atoms with Crippen LogP contribution in [0.4, 0.5) is 0 Å². The van der Waals surface area contributed by atoms with E-state index in [1.807, 2.05) is 23.1 Å². The summed E-state index contributed by atoms with van der Waals surface area (Å²) in [5.41, 5.74) is 5.07. The van der Waals surface area contributed by atoms with Crippen LogP contribution in [0.5, 0.6) is 5.75 Å². The lowest BCUT2D eigenvalue weighted by Crippen LogP contribution is -2.46. The molecule has 0 N–H and O–H groups in total. The van der Waals surface area contributed by atoms with Crippen LogP contribution in [0.15, 0.2) is 42.5 Å². The van der Waals surface area contributed by atoms with E-state index in [0.29, 0.717) is 49.6 Å². The summed E-state index contributed by atoms with van der Waals surface area (Å²) in [4.78, 5) is 25.4. The summed E-state index contributed by atoms with van der Waals surface area (Å²) in [6.07, 6.45) is 3.55. The Morgan fingerprint density at radius 1 is 0.973 bits per heavy atom. The number of carbonyl (C=O) groups excluding carboxylic acids is 1. The van der Waals surface area contributed by atoms with Crippen molar-refractivity contribution >= 4 is 38.7 Å². The summed E-state index contributed by atoms with van der Waals surface area (Å²) in [6.45, 7) is 9.28. The van der Waals surface area contributed by atoms with Crippen molar-refractivity contribution in [1.29, 1.82) is 0 Å². The molecule has 3 heterocycles. The van der Waals surface area contributed by atoms with E-state index in [1.165, 1.54) is 18.4 Å². The molecule has 1 saturated carbocycles. The second kappa shape index (κ2) is 8.38. The number of morpholine rings is 1. The lowest BCUT2D eigenvalue weighted by Gasteiger charge is -2.49. The third-order valence-electron chi connectivity index (χ3n) is 8.88. The van der Waals surface area contributed by atoms with Gasteiger partial charge in [0.15, 0.2) is 0 Å². The van der Waals surface area contributed by atoms with Gasteiger partial charge in [0, 0.05) is 40.9 Å². The average molecular weight is 496 g/mol. The van der Waals surface area contributed by atoms with E-state index < -0.39 is 0 Å². The Balaban J connectivity index is 1.46. The normalized spacial score (nSPS) is 25.1. The summed E-state index contributed by atoms with van der Waals surface area (Å²) in [6, 6.07) is 14.1. The lowest BCUT2D eigenvalue weighted by atomic mass is 9.64. The number of amides is 1. The van der Waals surface area contributed by atoms with Crippen LogP contribution in [0.25, 0.3) is 32.8 Å². The molecule has 6 heteroatoms. The first-order valence-corrected chi connectivity index (χ1v) is 13.6. The summed E-state index contributed by atoms with van der Waals surface area (Å²) >= 11 is 0. The Hall–Kier alpha value is -3.25. The van der Waals surface area contributed by atoms with Crippen molar-refractivity contribution in [3.8, 4) is 5.75 Å². The van der Waals surface area contributed by atoms with Crippen LogP contribution < -0.4 is 4.74 Å². The van der Waals surface area contributed by atoms with Crippen LogP contribution in [-0.2, 0) is 4.74 Å². The molecule has 190 valence electrons. The Labute approximate surface area is 217 Å². The van der Waals surface area contributed by atoms with E-state index >= 15 is 0 Å². The van der Waals surface area contributed by atoms with Gasteiger partial charge in [-0.05, 0) is 56.7 Å². The third kappa shape index (κ3) is 3.60. The van der Waals surface area contributed by atoms with Gasteiger partial charge >= 0.3 is 0 Å². The summed E-state index contributed by atoms with van der Waals surface area (Å²) < 4.78 is 12.3. The molecule has 1 aromatic heterocycles. The number of ether oxygens (including phenoxy) is 2. The topological polar surface area (TPSA) is 64.6 Å². The minimum Gasteiger partial charge on any atom is -0.487 e. The van der Waals surface area contributed by atoms with Gasteiger partial charge in [0.05, 0.1) is 35.3 Å². The highest BCUT2D eigenvalue weighted by atomic mass is 16.5. The van der Waals surface area contributed by atoms with Crippen molar-refractivity contribution in [2.45, 2.75) is 51.6 Å². The van der Waals surface area contributed by atoms with Gasteiger partial charge in [-0.1, -0.05) is 37.6 Å². The van der Waals surface area contributed by atoms with Gasteiger partial charge in [-0.2, -0.15) is 0 Å². The van der Waals surface area contributed by atoms with Crippen molar-refractivity contribution in [3.63, 3.8) is 0 Å². The van der Waals surface area contributed by atoms with Crippen molar-refractivity contribution in [2.24, 2.45) is 11.8 Å². The first kappa shape index (κ1) is 22.9. The Morgan fingerprint density at radius 3 is 2.54 bits per heavy atom. The van der Waals surface area contributed by atoms with E-state index in [1.54, 1.807) is 0 Å². The molecule has 2 aliphatic heterocycles. The SMILES string of the molecule is C[C@H]1CC[C@H]2C(C1)c1c(c3ccccc3c3nc4cc(C(=O)N5CCOCC5)ccc4nc13)OC2(C)C. The molecule has 1 amide bonds. The molecule has 3 aliphatic rings. The minimum atomic E-state index is -0.229. The molecular weight excluding hydrogens is 462 g/mol. The Bertz CT molecular complexity index is 1560. The third-order valence-corrected chi connectivity index (χ3v) is 8.88. The number of carbonyl (C=O) groups is 1. The summed E-state index contributed by atoms with van der Waals surface area (Å²) in [5.74, 6) is 2.52. The van der Waals surface area contributed by atoms with E-state index in [9.17, 15) is 4.79 Å². The van der Waals surface area contributed by atoms with Gasteiger partial charge in [-0.15, -0.1) is 0 Å². The summed E-state index contributed by atoms with van der Waals surface area (Å²) in [5, 5.41) is 2.15. The molecule has 37 heavy (non-hydrogen) atoms. The molecule has 1 aliphatic carbocycles. The molecule has 3 atom stereocenters.